The molecule has 0 spiro atoms. The molecule has 0 bridgehead atoms. The average Bonchev–Trinajstić information content (AvgIpc) is 2.52. The lowest BCUT2D eigenvalue weighted by Crippen LogP contribution is -2.36. The molecule has 0 radical (unpaired) electrons. The lowest BCUT2D eigenvalue weighted by atomic mass is 10.2. The SMILES string of the molecule is COC(=O)CCN(CCCNC(C)=O)C(=O)c1cncc(Br)c1. The van der Waals surface area contributed by atoms with Crippen LogP contribution in [0.3, 0.4) is 0 Å². The summed E-state index contributed by atoms with van der Waals surface area (Å²) in [6.45, 7) is 2.57. The zero-order chi connectivity index (χ0) is 17.2. The Balaban J connectivity index is 2.70. The number of nitrogens with zero attached hydrogens (tertiary/aromatic N) is 2. The van der Waals surface area contributed by atoms with E-state index in [0.717, 1.165) is 0 Å². The van der Waals surface area contributed by atoms with Crippen LogP contribution in [0.2, 0.25) is 0 Å². The van der Waals surface area contributed by atoms with E-state index < -0.39 is 0 Å². The second-order valence-electron chi connectivity index (χ2n) is 4.85. The monoisotopic (exact) mass is 385 g/mol. The molecule has 0 aromatic carbocycles. The summed E-state index contributed by atoms with van der Waals surface area (Å²) < 4.78 is 5.31. The maximum Gasteiger partial charge on any atom is 0.307 e. The molecule has 8 heteroatoms. The van der Waals surface area contributed by atoms with E-state index in [1.54, 1.807) is 17.2 Å². The molecule has 0 unspecified atom stereocenters. The summed E-state index contributed by atoms with van der Waals surface area (Å²) in [5.74, 6) is -0.712. The molecule has 7 nitrogen and oxygen atoms in total. The van der Waals surface area contributed by atoms with Gasteiger partial charge in [0.15, 0.2) is 0 Å². The molecule has 0 saturated heterocycles. The molecule has 0 atom stereocenters. The summed E-state index contributed by atoms with van der Waals surface area (Å²) in [6, 6.07) is 1.67. The van der Waals surface area contributed by atoms with Gasteiger partial charge >= 0.3 is 5.97 Å². The minimum Gasteiger partial charge on any atom is -0.469 e. The van der Waals surface area contributed by atoms with E-state index in [2.05, 4.69) is 31.0 Å². The van der Waals surface area contributed by atoms with Crippen molar-refractivity contribution in [3.05, 3.63) is 28.5 Å². The average molecular weight is 386 g/mol. The summed E-state index contributed by atoms with van der Waals surface area (Å²) in [5, 5.41) is 2.68. The number of carbonyl (C=O) groups is 3. The van der Waals surface area contributed by atoms with Gasteiger partial charge in [-0.3, -0.25) is 19.4 Å². The zero-order valence-corrected chi connectivity index (χ0v) is 14.8. The maximum absolute atomic E-state index is 12.6. The molecule has 0 aliphatic heterocycles. The third-order valence-corrected chi connectivity index (χ3v) is 3.46. The first kappa shape index (κ1) is 19.1. The standard InChI is InChI=1S/C15H20BrN3O4/c1-11(20)18-5-3-6-19(7-4-14(21)23-2)15(22)12-8-13(16)10-17-9-12/h8-10H,3-7H2,1-2H3,(H,18,20). The number of ether oxygens (including phenoxy) is 1. The van der Waals surface area contributed by atoms with E-state index in [1.807, 2.05) is 0 Å². The Morgan fingerprint density at radius 2 is 2.04 bits per heavy atom. The molecular formula is C15H20BrN3O4. The highest BCUT2D eigenvalue weighted by atomic mass is 79.9. The summed E-state index contributed by atoms with van der Waals surface area (Å²) in [7, 11) is 1.31. The van der Waals surface area contributed by atoms with Crippen LogP contribution in [0.1, 0.15) is 30.1 Å². The highest BCUT2D eigenvalue weighted by Crippen LogP contribution is 2.12. The van der Waals surface area contributed by atoms with E-state index in [4.69, 9.17) is 0 Å². The predicted molar refractivity (Wildman–Crippen MR) is 87.8 cm³/mol. The van der Waals surface area contributed by atoms with Crippen LogP contribution >= 0.6 is 15.9 Å². The van der Waals surface area contributed by atoms with Crippen LogP contribution in [-0.2, 0) is 14.3 Å². The van der Waals surface area contributed by atoms with Gasteiger partial charge < -0.3 is 15.0 Å². The van der Waals surface area contributed by atoms with E-state index in [-0.39, 0.29) is 30.7 Å². The van der Waals surface area contributed by atoms with Crippen molar-refractivity contribution in [1.29, 1.82) is 0 Å². The molecule has 0 saturated carbocycles. The van der Waals surface area contributed by atoms with Crippen molar-refractivity contribution in [3.8, 4) is 0 Å². The summed E-state index contributed by atoms with van der Waals surface area (Å²) in [4.78, 5) is 40.3. The number of hydrogen-bond acceptors (Lipinski definition) is 5. The lowest BCUT2D eigenvalue weighted by molar-refractivity contribution is -0.140. The Hall–Kier alpha value is -1.96. The normalized spacial score (nSPS) is 10.0. The molecule has 23 heavy (non-hydrogen) atoms. The Bertz CT molecular complexity index is 565. The summed E-state index contributed by atoms with van der Waals surface area (Å²) in [6.07, 6.45) is 3.77. The number of pyridine rings is 1. The molecule has 0 fully saturated rings. The smallest absolute Gasteiger partial charge is 0.307 e. The summed E-state index contributed by atoms with van der Waals surface area (Å²) >= 11 is 3.28. The van der Waals surface area contributed by atoms with Crippen molar-refractivity contribution in [2.45, 2.75) is 19.8 Å². The first-order valence-corrected chi connectivity index (χ1v) is 7.94. The maximum atomic E-state index is 12.6. The van der Waals surface area contributed by atoms with Gasteiger partial charge in [0, 0.05) is 43.4 Å². The third kappa shape index (κ3) is 7.23. The van der Waals surface area contributed by atoms with Gasteiger partial charge in [-0.1, -0.05) is 0 Å². The van der Waals surface area contributed by atoms with Crippen LogP contribution in [0.4, 0.5) is 0 Å². The number of amides is 2. The number of esters is 1. The van der Waals surface area contributed by atoms with Crippen molar-refractivity contribution >= 4 is 33.7 Å². The topological polar surface area (TPSA) is 88.6 Å². The fraction of sp³-hybridized carbons (Fsp3) is 0.467. The fourth-order valence-corrected chi connectivity index (χ4v) is 2.25. The molecule has 0 aliphatic rings. The van der Waals surface area contributed by atoms with Crippen molar-refractivity contribution in [1.82, 2.24) is 15.2 Å². The Morgan fingerprint density at radius 3 is 2.65 bits per heavy atom. The number of halogens is 1. The van der Waals surface area contributed by atoms with Gasteiger partial charge in [0.05, 0.1) is 19.1 Å². The quantitative estimate of drug-likeness (QED) is 0.539. The van der Waals surface area contributed by atoms with Gasteiger partial charge in [-0.2, -0.15) is 0 Å². The molecule has 1 aromatic heterocycles. The molecule has 1 rings (SSSR count). The molecule has 126 valence electrons. The minimum atomic E-state index is -0.378. The van der Waals surface area contributed by atoms with Crippen LogP contribution in [-0.4, -0.2) is 54.4 Å². The van der Waals surface area contributed by atoms with Crippen LogP contribution in [0.25, 0.3) is 0 Å². The largest absolute Gasteiger partial charge is 0.469 e. The fourth-order valence-electron chi connectivity index (χ4n) is 1.89. The van der Waals surface area contributed by atoms with E-state index in [1.165, 1.54) is 20.2 Å². The number of carbonyl (C=O) groups excluding carboxylic acids is 3. The molecule has 2 amide bonds. The molecular weight excluding hydrogens is 366 g/mol. The predicted octanol–water partition coefficient (Wildman–Crippen LogP) is 1.38. The number of nitrogens with one attached hydrogen (secondary N) is 1. The second-order valence-corrected chi connectivity index (χ2v) is 5.76. The molecule has 1 aromatic rings. The minimum absolute atomic E-state index is 0.115. The van der Waals surface area contributed by atoms with E-state index in [0.29, 0.717) is 29.5 Å². The Kier molecular flexibility index (Phi) is 8.25. The second kappa shape index (κ2) is 9.94. The third-order valence-electron chi connectivity index (χ3n) is 3.03. The first-order valence-electron chi connectivity index (χ1n) is 7.15. The molecule has 0 aliphatic carbocycles. The van der Waals surface area contributed by atoms with E-state index in [9.17, 15) is 14.4 Å². The van der Waals surface area contributed by atoms with Gasteiger partial charge in [0.25, 0.3) is 5.91 Å². The Labute approximate surface area is 143 Å². The zero-order valence-electron chi connectivity index (χ0n) is 13.2. The van der Waals surface area contributed by atoms with Crippen LogP contribution < -0.4 is 5.32 Å². The summed E-state index contributed by atoms with van der Waals surface area (Å²) in [5.41, 5.74) is 0.434. The van der Waals surface area contributed by atoms with Gasteiger partial charge in [-0.05, 0) is 28.4 Å². The number of aromatic nitrogens is 1. The number of rotatable bonds is 8. The van der Waals surface area contributed by atoms with E-state index >= 15 is 0 Å². The van der Waals surface area contributed by atoms with Crippen LogP contribution in [0.5, 0.6) is 0 Å². The number of methoxy groups -OCH3 is 1. The van der Waals surface area contributed by atoms with Crippen molar-refractivity contribution in [3.63, 3.8) is 0 Å². The van der Waals surface area contributed by atoms with Gasteiger partial charge in [0.1, 0.15) is 0 Å². The highest BCUT2D eigenvalue weighted by Gasteiger charge is 2.17. The lowest BCUT2D eigenvalue weighted by Gasteiger charge is -2.22. The highest BCUT2D eigenvalue weighted by molar-refractivity contribution is 9.10. The van der Waals surface area contributed by atoms with Crippen LogP contribution in [0, 0.1) is 0 Å². The molecule has 1 heterocycles. The van der Waals surface area contributed by atoms with Gasteiger partial charge in [0.2, 0.25) is 5.91 Å². The molecule has 1 N–H and O–H groups in total. The Morgan fingerprint density at radius 1 is 1.30 bits per heavy atom. The number of hydrogen-bond donors (Lipinski definition) is 1. The van der Waals surface area contributed by atoms with Crippen molar-refractivity contribution in [2.24, 2.45) is 0 Å². The van der Waals surface area contributed by atoms with Gasteiger partial charge in [-0.25, -0.2) is 0 Å². The van der Waals surface area contributed by atoms with Crippen molar-refractivity contribution < 1.29 is 19.1 Å². The first-order chi connectivity index (χ1) is 10.9. The van der Waals surface area contributed by atoms with Gasteiger partial charge in [-0.15, -0.1) is 0 Å². The van der Waals surface area contributed by atoms with Crippen molar-refractivity contribution in [2.75, 3.05) is 26.7 Å². The van der Waals surface area contributed by atoms with Crippen LogP contribution in [0.15, 0.2) is 22.9 Å².